The van der Waals surface area contributed by atoms with Crippen LogP contribution in [0.2, 0.25) is 0 Å². The number of hydrogen-bond donors (Lipinski definition) is 2. The van der Waals surface area contributed by atoms with E-state index in [0.717, 1.165) is 0 Å². The van der Waals surface area contributed by atoms with E-state index in [9.17, 15) is 4.79 Å². The summed E-state index contributed by atoms with van der Waals surface area (Å²) in [5.41, 5.74) is 4.66. The van der Waals surface area contributed by atoms with E-state index in [4.69, 9.17) is 4.84 Å². The quantitative estimate of drug-likeness (QED) is 0.643. The molecule has 0 aromatic rings. The normalized spacial score (nSPS) is 12.8. The third-order valence-corrected chi connectivity index (χ3v) is 1.18. The summed E-state index contributed by atoms with van der Waals surface area (Å²) in [4.78, 5) is 16.0. The molecule has 0 aliphatic rings. The van der Waals surface area contributed by atoms with E-state index < -0.39 is 5.41 Å². The smallest absolute Gasteiger partial charge is 0.331 e. The summed E-state index contributed by atoms with van der Waals surface area (Å²) in [5.74, 6) is -0.288. The van der Waals surface area contributed by atoms with Gasteiger partial charge in [0.15, 0.2) is 0 Å². The van der Waals surface area contributed by atoms with Crippen LogP contribution >= 0.6 is 0 Å². The summed E-state index contributed by atoms with van der Waals surface area (Å²) in [5, 5.41) is 0. The first-order chi connectivity index (χ1) is 5.63. The maximum absolute atomic E-state index is 11.2. The summed E-state index contributed by atoms with van der Waals surface area (Å²) < 4.78 is 0. The first-order valence-electron chi connectivity index (χ1n) is 4.36. The molecule has 0 radical (unpaired) electrons. The fraction of sp³-hybridized carbons (Fsp3) is 0.889. The van der Waals surface area contributed by atoms with Gasteiger partial charge in [-0.25, -0.2) is 10.2 Å². The molecule has 78 valence electrons. The second-order valence-electron chi connectivity index (χ2n) is 5.12. The molecule has 0 aliphatic heterocycles. The fourth-order valence-corrected chi connectivity index (χ4v) is 0.378. The highest BCUT2D eigenvalue weighted by Gasteiger charge is 2.23. The van der Waals surface area contributed by atoms with Crippen LogP contribution in [0, 0.1) is 5.41 Å². The Morgan fingerprint density at radius 3 is 1.85 bits per heavy atom. The molecule has 0 bridgehead atoms. The minimum Gasteiger partial charge on any atom is -0.355 e. The van der Waals surface area contributed by atoms with Crippen LogP contribution in [-0.2, 0) is 9.63 Å². The van der Waals surface area contributed by atoms with Crippen molar-refractivity contribution in [3.8, 4) is 0 Å². The Balaban J connectivity index is 3.74. The molecule has 0 aromatic heterocycles. The average molecular weight is 188 g/mol. The van der Waals surface area contributed by atoms with Crippen LogP contribution in [-0.4, -0.2) is 11.5 Å². The third-order valence-electron chi connectivity index (χ3n) is 1.18. The van der Waals surface area contributed by atoms with Gasteiger partial charge in [-0.05, 0) is 41.5 Å². The lowest BCUT2D eigenvalue weighted by Gasteiger charge is -2.22. The van der Waals surface area contributed by atoms with E-state index in [-0.39, 0.29) is 11.5 Å². The van der Waals surface area contributed by atoms with Crippen molar-refractivity contribution in [1.82, 2.24) is 11.0 Å². The number of hydrogen-bond acceptors (Lipinski definition) is 4. The van der Waals surface area contributed by atoms with Gasteiger partial charge in [0.1, 0.15) is 0 Å². The molecule has 0 fully saturated rings. The molecular weight excluding hydrogens is 168 g/mol. The molecule has 0 saturated carbocycles. The Morgan fingerprint density at radius 2 is 1.54 bits per heavy atom. The maximum Gasteiger partial charge on any atom is 0.331 e. The Kier molecular flexibility index (Phi) is 3.88. The van der Waals surface area contributed by atoms with E-state index in [0.29, 0.717) is 0 Å². The van der Waals surface area contributed by atoms with Crippen molar-refractivity contribution < 1.29 is 9.63 Å². The molecule has 2 N–H and O–H groups in total. The first-order valence-corrected chi connectivity index (χ1v) is 4.36. The molecular formula is C9H20N2O2. The second kappa shape index (κ2) is 4.07. The second-order valence-corrected chi connectivity index (χ2v) is 5.12. The van der Waals surface area contributed by atoms with Crippen LogP contribution in [0.25, 0.3) is 0 Å². The lowest BCUT2D eigenvalue weighted by Crippen LogP contribution is -2.47. The van der Waals surface area contributed by atoms with Gasteiger partial charge in [-0.1, -0.05) is 5.59 Å². The SMILES string of the molecule is CC(C)(C)NNOC(=O)C(C)(C)C. The fourth-order valence-electron chi connectivity index (χ4n) is 0.378. The van der Waals surface area contributed by atoms with Crippen molar-refractivity contribution >= 4 is 5.97 Å². The van der Waals surface area contributed by atoms with Gasteiger partial charge in [0.25, 0.3) is 0 Å². The summed E-state index contributed by atoms with van der Waals surface area (Å²) in [6.07, 6.45) is 0. The lowest BCUT2D eigenvalue weighted by molar-refractivity contribution is -0.164. The Labute approximate surface area is 80.0 Å². The average Bonchev–Trinajstić information content (AvgIpc) is 1.82. The molecule has 0 aromatic carbocycles. The molecule has 0 saturated heterocycles. The monoisotopic (exact) mass is 188 g/mol. The van der Waals surface area contributed by atoms with E-state index in [1.807, 2.05) is 20.8 Å². The Hall–Kier alpha value is -0.610. The van der Waals surface area contributed by atoms with Gasteiger partial charge in [0, 0.05) is 5.54 Å². The lowest BCUT2D eigenvalue weighted by atomic mass is 9.98. The highest BCUT2D eigenvalue weighted by atomic mass is 16.7. The Bertz CT molecular complexity index is 177. The van der Waals surface area contributed by atoms with Crippen molar-refractivity contribution in [3.05, 3.63) is 0 Å². The molecule has 0 spiro atoms. The zero-order chi connectivity index (χ0) is 10.7. The first kappa shape index (κ1) is 12.4. The highest BCUT2D eigenvalue weighted by Crippen LogP contribution is 2.13. The summed E-state index contributed by atoms with van der Waals surface area (Å²) in [6.45, 7) is 11.3. The van der Waals surface area contributed by atoms with Gasteiger partial charge in [0.05, 0.1) is 5.41 Å². The molecule has 0 aliphatic carbocycles. The molecule has 13 heavy (non-hydrogen) atoms. The molecule has 4 nitrogen and oxygen atoms in total. The van der Waals surface area contributed by atoms with Crippen LogP contribution in [0.4, 0.5) is 0 Å². The van der Waals surface area contributed by atoms with E-state index >= 15 is 0 Å². The molecule has 0 rings (SSSR count). The molecule has 0 unspecified atom stereocenters. The van der Waals surface area contributed by atoms with Crippen molar-refractivity contribution in [2.75, 3.05) is 0 Å². The van der Waals surface area contributed by atoms with Crippen LogP contribution in [0.15, 0.2) is 0 Å². The minimum atomic E-state index is -0.480. The molecule has 0 amide bonds. The largest absolute Gasteiger partial charge is 0.355 e. The number of carbonyl (C=O) groups excluding carboxylic acids is 1. The van der Waals surface area contributed by atoms with E-state index in [1.165, 1.54) is 0 Å². The minimum absolute atomic E-state index is 0.127. The number of rotatable bonds is 2. The Morgan fingerprint density at radius 1 is 1.08 bits per heavy atom. The van der Waals surface area contributed by atoms with E-state index in [1.54, 1.807) is 20.8 Å². The predicted molar refractivity (Wildman–Crippen MR) is 51.6 cm³/mol. The zero-order valence-corrected chi connectivity index (χ0v) is 9.32. The molecule has 0 heterocycles. The van der Waals surface area contributed by atoms with Gasteiger partial charge in [0.2, 0.25) is 0 Å². The molecule has 4 heteroatoms. The zero-order valence-electron chi connectivity index (χ0n) is 9.32. The van der Waals surface area contributed by atoms with Gasteiger partial charge in [-0.3, -0.25) is 0 Å². The maximum atomic E-state index is 11.2. The van der Waals surface area contributed by atoms with Crippen LogP contribution in [0.1, 0.15) is 41.5 Å². The van der Waals surface area contributed by atoms with Crippen molar-refractivity contribution in [2.24, 2.45) is 5.41 Å². The van der Waals surface area contributed by atoms with Crippen molar-refractivity contribution in [2.45, 2.75) is 47.1 Å². The van der Waals surface area contributed by atoms with Crippen LogP contribution < -0.4 is 11.0 Å². The number of carbonyl (C=O) groups is 1. The van der Waals surface area contributed by atoms with Crippen LogP contribution in [0.3, 0.4) is 0 Å². The van der Waals surface area contributed by atoms with E-state index in [2.05, 4.69) is 11.0 Å². The van der Waals surface area contributed by atoms with Gasteiger partial charge in [-0.2, -0.15) is 0 Å². The van der Waals surface area contributed by atoms with Gasteiger partial charge < -0.3 is 4.84 Å². The number of hydrazine groups is 1. The molecule has 0 atom stereocenters. The highest BCUT2D eigenvalue weighted by molar-refractivity contribution is 5.74. The summed E-state index contributed by atoms with van der Waals surface area (Å²) in [6, 6.07) is 0. The van der Waals surface area contributed by atoms with Crippen LogP contribution in [0.5, 0.6) is 0 Å². The summed E-state index contributed by atoms with van der Waals surface area (Å²) >= 11 is 0. The topological polar surface area (TPSA) is 50.4 Å². The standard InChI is InChI=1S/C9H20N2O2/c1-8(2,3)7(12)13-11-10-9(4,5)6/h10-11H,1-6H3. The predicted octanol–water partition coefficient (Wildman–Crippen LogP) is 1.38. The van der Waals surface area contributed by atoms with Gasteiger partial charge in [-0.15, -0.1) is 0 Å². The van der Waals surface area contributed by atoms with Gasteiger partial charge >= 0.3 is 5.97 Å². The van der Waals surface area contributed by atoms with Crippen molar-refractivity contribution in [3.63, 3.8) is 0 Å². The third kappa shape index (κ3) is 6.54. The summed E-state index contributed by atoms with van der Waals surface area (Å²) in [7, 11) is 0. The van der Waals surface area contributed by atoms with Crippen molar-refractivity contribution in [1.29, 1.82) is 0 Å². The number of nitrogens with one attached hydrogen (secondary N) is 2.